The molecule has 1 aliphatic carbocycles. The maximum atomic E-state index is 13.2. The Balaban J connectivity index is 1.61. The van der Waals surface area contributed by atoms with Crippen molar-refractivity contribution in [3.63, 3.8) is 0 Å². The number of fused-ring (bicyclic) bond motifs is 1. The molecule has 0 saturated carbocycles. The van der Waals surface area contributed by atoms with Crippen LogP contribution in [0.3, 0.4) is 0 Å². The molecule has 150 valence electrons. The summed E-state index contributed by atoms with van der Waals surface area (Å²) < 4.78 is 7.51. The van der Waals surface area contributed by atoms with Crippen molar-refractivity contribution < 1.29 is 9.21 Å². The van der Waals surface area contributed by atoms with E-state index in [0.29, 0.717) is 24.2 Å². The number of ketones is 1. The molecule has 0 spiro atoms. The first-order valence-electron chi connectivity index (χ1n) is 10.2. The highest BCUT2D eigenvalue weighted by atomic mass is 16.3. The number of rotatable bonds is 4. The molecule has 5 rings (SSSR count). The van der Waals surface area contributed by atoms with Crippen molar-refractivity contribution in [1.29, 1.82) is 0 Å². The van der Waals surface area contributed by atoms with Gasteiger partial charge in [-0.25, -0.2) is 4.68 Å². The number of hydrogen-bond acceptors (Lipinski definition) is 4. The van der Waals surface area contributed by atoms with Crippen LogP contribution in [0.4, 0.5) is 11.5 Å². The van der Waals surface area contributed by atoms with Crippen molar-refractivity contribution in [2.45, 2.75) is 32.6 Å². The van der Waals surface area contributed by atoms with Gasteiger partial charge in [0.1, 0.15) is 5.76 Å². The Labute approximate surface area is 175 Å². The molecule has 30 heavy (non-hydrogen) atoms. The SMILES string of the molecule is Cc1ccc(Nc2nn(-c3ccccc3)c3c2C(=O)C[C@H](c2ccco2)C3)cc1C. The Morgan fingerprint density at radius 3 is 2.57 bits per heavy atom. The minimum absolute atomic E-state index is 0.0219. The van der Waals surface area contributed by atoms with Crippen LogP contribution in [0.2, 0.25) is 0 Å². The summed E-state index contributed by atoms with van der Waals surface area (Å²) in [6.45, 7) is 4.17. The third kappa shape index (κ3) is 3.22. The third-order valence-corrected chi connectivity index (χ3v) is 5.85. The van der Waals surface area contributed by atoms with Crippen LogP contribution in [-0.2, 0) is 6.42 Å². The molecule has 4 aromatic rings. The number of nitrogens with one attached hydrogen (secondary N) is 1. The summed E-state index contributed by atoms with van der Waals surface area (Å²) in [5.74, 6) is 1.57. The zero-order valence-electron chi connectivity index (χ0n) is 17.1. The summed E-state index contributed by atoms with van der Waals surface area (Å²) in [6.07, 6.45) is 2.78. The average molecular weight is 397 g/mol. The number of aryl methyl sites for hydroxylation is 2. The van der Waals surface area contributed by atoms with Gasteiger partial charge >= 0.3 is 0 Å². The van der Waals surface area contributed by atoms with Crippen LogP contribution in [0.25, 0.3) is 5.69 Å². The van der Waals surface area contributed by atoms with Gasteiger partial charge in [-0.2, -0.15) is 0 Å². The Kier molecular flexibility index (Phi) is 4.51. The lowest BCUT2D eigenvalue weighted by molar-refractivity contribution is 0.0960. The number of aromatic nitrogens is 2. The van der Waals surface area contributed by atoms with Crippen LogP contribution in [0.5, 0.6) is 0 Å². The molecular weight excluding hydrogens is 374 g/mol. The number of Topliss-reactive ketones (excluding diaryl/α,β-unsaturated/α-hetero) is 1. The van der Waals surface area contributed by atoms with Gasteiger partial charge in [0.05, 0.1) is 23.2 Å². The first-order chi connectivity index (χ1) is 14.6. The van der Waals surface area contributed by atoms with Crippen LogP contribution < -0.4 is 5.32 Å². The van der Waals surface area contributed by atoms with Gasteiger partial charge in [-0.15, -0.1) is 5.10 Å². The lowest BCUT2D eigenvalue weighted by atomic mass is 9.85. The molecule has 5 heteroatoms. The maximum Gasteiger partial charge on any atom is 0.169 e. The van der Waals surface area contributed by atoms with Gasteiger partial charge in [0, 0.05) is 24.4 Å². The predicted molar refractivity (Wildman–Crippen MR) is 117 cm³/mol. The van der Waals surface area contributed by atoms with Gasteiger partial charge in [0.2, 0.25) is 0 Å². The number of anilines is 2. The molecule has 1 N–H and O–H groups in total. The number of nitrogens with zero attached hydrogens (tertiary/aromatic N) is 2. The second-order valence-corrected chi connectivity index (χ2v) is 7.89. The predicted octanol–water partition coefficient (Wildman–Crippen LogP) is 5.74. The normalized spacial score (nSPS) is 15.8. The third-order valence-electron chi connectivity index (χ3n) is 5.85. The van der Waals surface area contributed by atoms with E-state index in [-0.39, 0.29) is 11.7 Å². The highest BCUT2D eigenvalue weighted by molar-refractivity contribution is 6.03. The summed E-state index contributed by atoms with van der Waals surface area (Å²) in [7, 11) is 0. The van der Waals surface area contributed by atoms with E-state index < -0.39 is 0 Å². The highest BCUT2D eigenvalue weighted by Gasteiger charge is 2.34. The van der Waals surface area contributed by atoms with Crippen LogP contribution in [0, 0.1) is 13.8 Å². The van der Waals surface area contributed by atoms with Crippen molar-refractivity contribution in [3.05, 3.63) is 95.1 Å². The molecule has 0 bridgehead atoms. The maximum absolute atomic E-state index is 13.2. The minimum atomic E-state index is 0.0219. The zero-order valence-corrected chi connectivity index (χ0v) is 17.1. The number of furan rings is 1. The topological polar surface area (TPSA) is 60.1 Å². The first-order valence-corrected chi connectivity index (χ1v) is 10.2. The van der Waals surface area contributed by atoms with E-state index >= 15 is 0 Å². The molecule has 1 aliphatic rings. The van der Waals surface area contributed by atoms with Crippen molar-refractivity contribution in [3.8, 4) is 5.69 Å². The van der Waals surface area contributed by atoms with E-state index in [0.717, 1.165) is 22.8 Å². The molecular formula is C25H23N3O2. The summed E-state index contributed by atoms with van der Waals surface area (Å²) in [6, 6.07) is 20.0. The molecule has 2 aromatic carbocycles. The molecule has 0 unspecified atom stereocenters. The number of carbonyl (C=O) groups is 1. The number of hydrogen-bond donors (Lipinski definition) is 1. The smallest absolute Gasteiger partial charge is 0.169 e. The molecule has 1 atom stereocenters. The van der Waals surface area contributed by atoms with Gasteiger partial charge < -0.3 is 9.73 Å². The van der Waals surface area contributed by atoms with Gasteiger partial charge in [-0.05, 0) is 61.4 Å². The largest absolute Gasteiger partial charge is 0.469 e. The van der Waals surface area contributed by atoms with Gasteiger partial charge in [-0.3, -0.25) is 4.79 Å². The van der Waals surface area contributed by atoms with Crippen molar-refractivity contribution in [1.82, 2.24) is 9.78 Å². The lowest BCUT2D eigenvalue weighted by Crippen LogP contribution is -2.20. The van der Waals surface area contributed by atoms with E-state index in [1.165, 1.54) is 11.1 Å². The highest BCUT2D eigenvalue weighted by Crippen LogP contribution is 2.38. The van der Waals surface area contributed by atoms with Gasteiger partial charge in [-0.1, -0.05) is 24.3 Å². The molecule has 5 nitrogen and oxygen atoms in total. The molecule has 2 heterocycles. The van der Waals surface area contributed by atoms with E-state index in [2.05, 4.69) is 31.3 Å². The standard InChI is InChI=1S/C25H23N3O2/c1-16-10-11-19(13-17(16)2)26-25-24-21(28(27-25)20-7-4-3-5-8-20)14-18(15-22(24)29)23-9-6-12-30-23/h3-13,18H,14-15H2,1-2H3,(H,26,27)/t18-/m1/s1. The average Bonchev–Trinajstić information content (AvgIpc) is 3.40. The fourth-order valence-corrected chi connectivity index (χ4v) is 4.12. The molecule has 2 aromatic heterocycles. The molecule has 0 saturated heterocycles. The Bertz CT molecular complexity index is 1210. The minimum Gasteiger partial charge on any atom is -0.469 e. The summed E-state index contributed by atoms with van der Waals surface area (Å²) in [5.41, 5.74) is 5.90. The molecule has 0 amide bonds. The second-order valence-electron chi connectivity index (χ2n) is 7.89. The molecule has 0 radical (unpaired) electrons. The van der Waals surface area contributed by atoms with Gasteiger partial charge in [0.25, 0.3) is 0 Å². The number of carbonyl (C=O) groups excluding carboxylic acids is 1. The second kappa shape index (κ2) is 7.34. The Hall–Kier alpha value is -3.60. The summed E-state index contributed by atoms with van der Waals surface area (Å²) in [5, 5.41) is 8.22. The zero-order chi connectivity index (χ0) is 20.7. The van der Waals surface area contributed by atoms with Gasteiger partial charge in [0.15, 0.2) is 11.6 Å². The van der Waals surface area contributed by atoms with Crippen molar-refractivity contribution in [2.75, 3.05) is 5.32 Å². The first kappa shape index (κ1) is 18.4. The van der Waals surface area contributed by atoms with Crippen LogP contribution >= 0.6 is 0 Å². The molecule has 0 fully saturated rings. The number of para-hydroxylation sites is 1. The fraction of sp³-hybridized carbons (Fsp3) is 0.200. The summed E-state index contributed by atoms with van der Waals surface area (Å²) >= 11 is 0. The van der Waals surface area contributed by atoms with Crippen LogP contribution in [0.1, 0.15) is 45.3 Å². The number of benzene rings is 2. The van der Waals surface area contributed by atoms with Crippen molar-refractivity contribution >= 4 is 17.3 Å². The fourth-order valence-electron chi connectivity index (χ4n) is 4.12. The van der Waals surface area contributed by atoms with Crippen LogP contribution in [-0.4, -0.2) is 15.6 Å². The Morgan fingerprint density at radius 1 is 1.00 bits per heavy atom. The monoisotopic (exact) mass is 397 g/mol. The van der Waals surface area contributed by atoms with E-state index in [9.17, 15) is 4.79 Å². The lowest BCUT2D eigenvalue weighted by Gasteiger charge is -2.21. The van der Waals surface area contributed by atoms with E-state index in [1.54, 1.807) is 6.26 Å². The van der Waals surface area contributed by atoms with Crippen molar-refractivity contribution in [2.24, 2.45) is 0 Å². The Morgan fingerprint density at radius 2 is 1.83 bits per heavy atom. The van der Waals surface area contributed by atoms with E-state index in [4.69, 9.17) is 9.52 Å². The summed E-state index contributed by atoms with van der Waals surface area (Å²) in [4.78, 5) is 13.2. The molecule has 0 aliphatic heterocycles. The quantitative estimate of drug-likeness (QED) is 0.477. The van der Waals surface area contributed by atoms with E-state index in [1.807, 2.05) is 53.2 Å². The van der Waals surface area contributed by atoms with Crippen LogP contribution in [0.15, 0.2) is 71.3 Å².